The third-order valence-corrected chi connectivity index (χ3v) is 4.86. The molecule has 1 aliphatic rings. The fourth-order valence-corrected chi connectivity index (χ4v) is 3.20. The van der Waals surface area contributed by atoms with Crippen molar-refractivity contribution in [3.05, 3.63) is 18.2 Å². The van der Waals surface area contributed by atoms with E-state index in [0.29, 0.717) is 18.6 Å². The van der Waals surface area contributed by atoms with E-state index in [-0.39, 0.29) is 17.1 Å². The number of ether oxygens (including phenoxy) is 1. The minimum atomic E-state index is -3.72. The monoisotopic (exact) mass is 286 g/mol. The number of sulfonamides is 1. The van der Waals surface area contributed by atoms with Crippen molar-refractivity contribution in [3.63, 3.8) is 0 Å². The van der Waals surface area contributed by atoms with Gasteiger partial charge in [0.25, 0.3) is 0 Å². The summed E-state index contributed by atoms with van der Waals surface area (Å²) >= 11 is 0. The molecule has 0 spiro atoms. The average molecular weight is 286 g/mol. The van der Waals surface area contributed by atoms with Crippen molar-refractivity contribution in [1.29, 1.82) is 0 Å². The molecule has 4 N–H and O–H groups in total. The first-order valence-corrected chi connectivity index (χ1v) is 7.50. The van der Waals surface area contributed by atoms with Crippen LogP contribution in [-0.2, 0) is 10.0 Å². The van der Waals surface area contributed by atoms with Crippen molar-refractivity contribution in [2.75, 3.05) is 19.4 Å². The quantitative estimate of drug-likeness (QED) is 0.683. The van der Waals surface area contributed by atoms with Crippen LogP contribution in [0.1, 0.15) is 19.3 Å². The highest BCUT2D eigenvalue weighted by Crippen LogP contribution is 2.31. The van der Waals surface area contributed by atoms with Gasteiger partial charge in [0.15, 0.2) is 0 Å². The lowest BCUT2D eigenvalue weighted by Gasteiger charge is -2.36. The Kier molecular flexibility index (Phi) is 3.71. The van der Waals surface area contributed by atoms with Gasteiger partial charge in [-0.1, -0.05) is 0 Å². The molecule has 0 radical (unpaired) electrons. The zero-order valence-electron chi connectivity index (χ0n) is 10.7. The molecular weight excluding hydrogens is 268 g/mol. The van der Waals surface area contributed by atoms with Crippen molar-refractivity contribution in [2.24, 2.45) is 0 Å². The first-order chi connectivity index (χ1) is 8.86. The Morgan fingerprint density at radius 1 is 1.47 bits per heavy atom. The summed E-state index contributed by atoms with van der Waals surface area (Å²) in [6, 6.07) is 4.37. The van der Waals surface area contributed by atoms with Crippen LogP contribution >= 0.6 is 0 Å². The molecule has 0 aliphatic heterocycles. The molecule has 7 heteroatoms. The Labute approximate surface area is 112 Å². The Morgan fingerprint density at radius 2 is 2.16 bits per heavy atom. The van der Waals surface area contributed by atoms with E-state index < -0.39 is 15.6 Å². The molecule has 6 nitrogen and oxygen atoms in total. The predicted octanol–water partition coefficient (Wildman–Crippen LogP) is 0.471. The van der Waals surface area contributed by atoms with Crippen LogP contribution in [0, 0.1) is 0 Å². The number of hydrogen-bond acceptors (Lipinski definition) is 5. The third-order valence-electron chi connectivity index (χ3n) is 3.38. The lowest BCUT2D eigenvalue weighted by Crippen LogP contribution is -2.47. The van der Waals surface area contributed by atoms with Gasteiger partial charge in [-0.05, 0) is 31.4 Å². The molecule has 0 heterocycles. The molecule has 19 heavy (non-hydrogen) atoms. The Bertz CT molecular complexity index is 567. The molecule has 0 bridgehead atoms. The maximum atomic E-state index is 12.1. The fraction of sp³-hybridized carbons (Fsp3) is 0.500. The summed E-state index contributed by atoms with van der Waals surface area (Å²) < 4.78 is 31.6. The van der Waals surface area contributed by atoms with Gasteiger partial charge in [-0.15, -0.1) is 0 Å². The van der Waals surface area contributed by atoms with Gasteiger partial charge in [-0.3, -0.25) is 0 Å². The zero-order chi connectivity index (χ0) is 14.1. The van der Waals surface area contributed by atoms with Crippen LogP contribution in [0.2, 0.25) is 0 Å². The van der Waals surface area contributed by atoms with Gasteiger partial charge in [-0.2, -0.15) is 0 Å². The summed E-state index contributed by atoms with van der Waals surface area (Å²) in [5, 5.41) is 9.89. The van der Waals surface area contributed by atoms with Gasteiger partial charge in [0.1, 0.15) is 10.6 Å². The molecule has 106 valence electrons. The molecule has 0 aromatic heterocycles. The first-order valence-electron chi connectivity index (χ1n) is 6.02. The summed E-state index contributed by atoms with van der Waals surface area (Å²) in [4.78, 5) is -0.00350. The molecule has 1 aromatic rings. The molecule has 0 amide bonds. The Morgan fingerprint density at radius 3 is 2.63 bits per heavy atom. The molecule has 0 saturated heterocycles. The van der Waals surface area contributed by atoms with E-state index in [2.05, 4.69) is 4.72 Å². The van der Waals surface area contributed by atoms with Crippen molar-refractivity contribution in [3.8, 4) is 5.75 Å². The van der Waals surface area contributed by atoms with Crippen molar-refractivity contribution in [1.82, 2.24) is 4.72 Å². The second kappa shape index (κ2) is 4.99. The highest BCUT2D eigenvalue weighted by atomic mass is 32.2. The number of aliphatic hydroxyl groups is 1. The van der Waals surface area contributed by atoms with Crippen molar-refractivity contribution in [2.45, 2.75) is 29.8 Å². The first kappa shape index (κ1) is 14.1. The van der Waals surface area contributed by atoms with Gasteiger partial charge >= 0.3 is 0 Å². The summed E-state index contributed by atoms with van der Waals surface area (Å²) in [5.41, 5.74) is 4.92. The third kappa shape index (κ3) is 2.99. The largest absolute Gasteiger partial charge is 0.497 e. The Balaban J connectivity index is 2.15. The van der Waals surface area contributed by atoms with E-state index >= 15 is 0 Å². The predicted molar refractivity (Wildman–Crippen MR) is 71.4 cm³/mol. The van der Waals surface area contributed by atoms with E-state index in [0.717, 1.165) is 6.42 Å². The maximum Gasteiger partial charge on any atom is 0.242 e. The minimum Gasteiger partial charge on any atom is -0.497 e. The Hall–Kier alpha value is -1.31. The summed E-state index contributed by atoms with van der Waals surface area (Å²) in [5.74, 6) is 0.495. The highest BCUT2D eigenvalue weighted by molar-refractivity contribution is 7.89. The summed E-state index contributed by atoms with van der Waals surface area (Å²) in [7, 11) is -2.24. The fourth-order valence-electron chi connectivity index (χ4n) is 1.97. The van der Waals surface area contributed by atoms with Gasteiger partial charge in [0, 0.05) is 12.6 Å². The van der Waals surface area contributed by atoms with Crippen molar-refractivity contribution >= 4 is 15.7 Å². The van der Waals surface area contributed by atoms with Crippen molar-refractivity contribution < 1.29 is 18.3 Å². The van der Waals surface area contributed by atoms with Crippen LogP contribution in [0.3, 0.4) is 0 Å². The smallest absolute Gasteiger partial charge is 0.242 e. The van der Waals surface area contributed by atoms with E-state index in [1.807, 2.05) is 0 Å². The number of nitrogens with one attached hydrogen (secondary N) is 1. The topological polar surface area (TPSA) is 102 Å². The number of nitrogens with two attached hydrogens (primary N) is 1. The van der Waals surface area contributed by atoms with E-state index in [1.165, 1.54) is 25.3 Å². The molecule has 1 aromatic carbocycles. The minimum absolute atomic E-state index is 0.00350. The van der Waals surface area contributed by atoms with Gasteiger partial charge in [0.05, 0.1) is 18.4 Å². The highest BCUT2D eigenvalue weighted by Gasteiger charge is 2.35. The second-order valence-electron chi connectivity index (χ2n) is 4.81. The summed E-state index contributed by atoms with van der Waals surface area (Å²) in [6.07, 6.45) is 2.16. The van der Waals surface area contributed by atoms with Crippen LogP contribution in [-0.4, -0.2) is 32.8 Å². The lowest BCUT2D eigenvalue weighted by atomic mass is 9.81. The van der Waals surface area contributed by atoms with Gasteiger partial charge in [0.2, 0.25) is 10.0 Å². The standard InChI is InChI=1S/C12H18N2O4S/c1-18-9-3-4-11(10(13)7-9)19(16,17)14-8-12(15)5-2-6-12/h3-4,7,14-15H,2,5-6,8,13H2,1H3. The maximum absolute atomic E-state index is 12.1. The molecule has 0 atom stereocenters. The second-order valence-corrected chi connectivity index (χ2v) is 6.54. The van der Waals surface area contributed by atoms with Crippen LogP contribution in [0.25, 0.3) is 0 Å². The molecule has 1 aliphatic carbocycles. The molecule has 2 rings (SSSR count). The van der Waals surface area contributed by atoms with Crippen LogP contribution in [0.5, 0.6) is 5.75 Å². The number of hydrogen-bond donors (Lipinski definition) is 3. The van der Waals surface area contributed by atoms with Crippen LogP contribution in [0.4, 0.5) is 5.69 Å². The van der Waals surface area contributed by atoms with Gasteiger partial charge in [-0.25, -0.2) is 13.1 Å². The van der Waals surface area contributed by atoms with E-state index in [9.17, 15) is 13.5 Å². The lowest BCUT2D eigenvalue weighted by molar-refractivity contribution is -0.0270. The molecule has 0 unspecified atom stereocenters. The molecular formula is C12H18N2O4S. The van der Waals surface area contributed by atoms with Gasteiger partial charge < -0.3 is 15.6 Å². The SMILES string of the molecule is COc1ccc(S(=O)(=O)NCC2(O)CCC2)c(N)c1. The van der Waals surface area contributed by atoms with Crippen LogP contribution in [0.15, 0.2) is 23.1 Å². The average Bonchev–Trinajstić information content (AvgIpc) is 2.33. The van der Waals surface area contributed by atoms with Crippen LogP contribution < -0.4 is 15.2 Å². The molecule has 1 saturated carbocycles. The zero-order valence-corrected chi connectivity index (χ0v) is 11.5. The molecule has 1 fully saturated rings. The van der Waals surface area contributed by atoms with E-state index in [4.69, 9.17) is 10.5 Å². The number of anilines is 1. The normalized spacial score (nSPS) is 17.8. The summed E-state index contributed by atoms with van der Waals surface area (Å²) in [6.45, 7) is 0.0147. The number of rotatable bonds is 5. The number of methoxy groups -OCH3 is 1. The van der Waals surface area contributed by atoms with E-state index in [1.54, 1.807) is 0 Å². The number of nitrogen functional groups attached to an aromatic ring is 1. The number of benzene rings is 1.